The minimum atomic E-state index is -1.37. The number of carbonyl (C=O) groups excluding carboxylic acids is 4. The largest absolute Gasteiger partial charge is 4.00 e. The average molecular weight is 280 g/mol. The number of aliphatic carboxylic acids is 4. The third-order valence-corrected chi connectivity index (χ3v) is 1.07. The van der Waals surface area contributed by atoms with E-state index in [1.165, 1.54) is 0 Å². The standard InChI is InChI=1S/2C4H6O4.Ti/c2*5-3(6)1-2-4(7)8;/h2*1-2H2,(H,5,6)(H,7,8);/q;;+4/p-4. The second kappa shape index (κ2) is 12.7. The van der Waals surface area contributed by atoms with Gasteiger partial charge in [0.2, 0.25) is 0 Å². The summed E-state index contributed by atoms with van der Waals surface area (Å²) in [6.07, 6.45) is -1.88. The van der Waals surface area contributed by atoms with Crippen LogP contribution in [0.5, 0.6) is 0 Å². The molecule has 0 atom stereocenters. The maximum atomic E-state index is 9.50. The average Bonchev–Trinajstić information content (AvgIpc) is 2.12. The summed E-state index contributed by atoms with van der Waals surface area (Å²) in [4.78, 5) is 38.0. The van der Waals surface area contributed by atoms with E-state index in [9.17, 15) is 39.6 Å². The van der Waals surface area contributed by atoms with Gasteiger partial charge in [-0.3, -0.25) is 0 Å². The van der Waals surface area contributed by atoms with Crippen LogP contribution in [-0.2, 0) is 40.9 Å². The molecule has 0 aliphatic carbocycles. The zero-order chi connectivity index (χ0) is 13.1. The predicted octanol–water partition coefficient (Wildman–Crippen LogP) is -5.47. The predicted molar refractivity (Wildman–Crippen MR) is 38.5 cm³/mol. The molecule has 0 saturated carbocycles. The first-order valence-electron chi connectivity index (χ1n) is 4.05. The molecule has 0 aliphatic heterocycles. The molecule has 0 radical (unpaired) electrons. The minimum absolute atomic E-state index is 0. The molecule has 92 valence electrons. The van der Waals surface area contributed by atoms with E-state index in [4.69, 9.17) is 0 Å². The van der Waals surface area contributed by atoms with Crippen molar-refractivity contribution in [2.75, 3.05) is 0 Å². The van der Waals surface area contributed by atoms with Crippen LogP contribution in [0.1, 0.15) is 25.7 Å². The van der Waals surface area contributed by atoms with E-state index in [-0.39, 0.29) is 21.7 Å². The van der Waals surface area contributed by atoms with Crippen LogP contribution in [0, 0.1) is 0 Å². The van der Waals surface area contributed by atoms with Gasteiger partial charge in [0.25, 0.3) is 0 Å². The molecular formula is C8H8O8Ti. The van der Waals surface area contributed by atoms with Crippen molar-refractivity contribution >= 4 is 23.9 Å². The topological polar surface area (TPSA) is 161 Å². The van der Waals surface area contributed by atoms with Crippen molar-refractivity contribution in [2.45, 2.75) is 25.7 Å². The van der Waals surface area contributed by atoms with Gasteiger partial charge >= 0.3 is 21.7 Å². The van der Waals surface area contributed by atoms with E-state index in [0.29, 0.717) is 0 Å². The quantitative estimate of drug-likeness (QED) is 0.435. The Kier molecular flexibility index (Phi) is 15.6. The number of carboxylic acid groups (broad SMARTS) is 4. The van der Waals surface area contributed by atoms with Crippen LogP contribution in [0.3, 0.4) is 0 Å². The summed E-state index contributed by atoms with van der Waals surface area (Å²) < 4.78 is 0. The van der Waals surface area contributed by atoms with Crippen LogP contribution in [0.4, 0.5) is 0 Å². The van der Waals surface area contributed by atoms with Gasteiger partial charge < -0.3 is 39.6 Å². The maximum Gasteiger partial charge on any atom is 4.00 e. The smallest absolute Gasteiger partial charge is 0.550 e. The Morgan fingerprint density at radius 3 is 0.706 bits per heavy atom. The summed E-state index contributed by atoms with van der Waals surface area (Å²) >= 11 is 0. The molecule has 0 rings (SSSR count). The molecule has 0 saturated heterocycles. The molecule has 0 spiro atoms. The van der Waals surface area contributed by atoms with Gasteiger partial charge in [0.1, 0.15) is 0 Å². The van der Waals surface area contributed by atoms with Crippen molar-refractivity contribution in [1.82, 2.24) is 0 Å². The van der Waals surface area contributed by atoms with Crippen LogP contribution in [0.15, 0.2) is 0 Å². The Labute approximate surface area is 111 Å². The van der Waals surface area contributed by atoms with E-state index in [0.717, 1.165) is 0 Å². The van der Waals surface area contributed by atoms with Gasteiger partial charge in [-0.15, -0.1) is 0 Å². The molecule has 0 aliphatic rings. The molecule has 0 unspecified atom stereocenters. The number of hydrogen-bond acceptors (Lipinski definition) is 8. The second-order valence-corrected chi connectivity index (χ2v) is 2.49. The van der Waals surface area contributed by atoms with Crippen LogP contribution < -0.4 is 20.4 Å². The Hall–Kier alpha value is -1.41. The minimum Gasteiger partial charge on any atom is -0.550 e. The van der Waals surface area contributed by atoms with E-state index >= 15 is 0 Å². The summed E-state index contributed by atoms with van der Waals surface area (Å²) in [6.45, 7) is 0. The first-order chi connectivity index (χ1) is 7.25. The summed E-state index contributed by atoms with van der Waals surface area (Å²) in [7, 11) is 0. The van der Waals surface area contributed by atoms with E-state index in [2.05, 4.69) is 0 Å². The van der Waals surface area contributed by atoms with Crippen LogP contribution >= 0.6 is 0 Å². The van der Waals surface area contributed by atoms with Crippen molar-refractivity contribution in [3.05, 3.63) is 0 Å². The molecular weight excluding hydrogens is 272 g/mol. The van der Waals surface area contributed by atoms with Gasteiger partial charge in [0.05, 0.1) is 0 Å². The third-order valence-electron chi connectivity index (χ3n) is 1.07. The molecule has 0 N–H and O–H groups in total. The molecule has 9 heteroatoms. The molecule has 0 amide bonds. The van der Waals surface area contributed by atoms with E-state index < -0.39 is 49.6 Å². The molecule has 0 heterocycles. The van der Waals surface area contributed by atoms with Crippen molar-refractivity contribution < 1.29 is 61.3 Å². The fourth-order valence-electron chi connectivity index (χ4n) is 0.408. The zero-order valence-corrected chi connectivity index (χ0v) is 10.2. The summed E-state index contributed by atoms with van der Waals surface area (Å²) in [5.41, 5.74) is 0. The van der Waals surface area contributed by atoms with Crippen LogP contribution in [-0.4, -0.2) is 23.9 Å². The molecule has 0 aromatic heterocycles. The zero-order valence-electron chi connectivity index (χ0n) is 8.59. The normalized spacial score (nSPS) is 8.00. The third kappa shape index (κ3) is 31.3. The maximum absolute atomic E-state index is 9.50. The van der Waals surface area contributed by atoms with Crippen molar-refractivity contribution in [3.63, 3.8) is 0 Å². The van der Waals surface area contributed by atoms with Gasteiger partial charge in [0, 0.05) is 23.9 Å². The Balaban J connectivity index is -0.000000218. The van der Waals surface area contributed by atoms with Crippen LogP contribution in [0.2, 0.25) is 0 Å². The van der Waals surface area contributed by atoms with Crippen molar-refractivity contribution in [1.29, 1.82) is 0 Å². The number of carboxylic acids is 4. The van der Waals surface area contributed by atoms with Crippen molar-refractivity contribution in [2.24, 2.45) is 0 Å². The summed E-state index contributed by atoms with van der Waals surface area (Å²) in [5, 5.41) is 38.0. The number of hydrogen-bond donors (Lipinski definition) is 0. The van der Waals surface area contributed by atoms with Gasteiger partial charge in [-0.25, -0.2) is 0 Å². The number of carbonyl (C=O) groups is 4. The Morgan fingerprint density at radius 2 is 0.647 bits per heavy atom. The fourth-order valence-corrected chi connectivity index (χ4v) is 0.408. The first-order valence-corrected chi connectivity index (χ1v) is 4.05. The molecule has 0 bridgehead atoms. The summed E-state index contributed by atoms with van der Waals surface area (Å²) in [6, 6.07) is 0. The van der Waals surface area contributed by atoms with Gasteiger partial charge in [-0.1, -0.05) is 0 Å². The molecule has 0 aromatic carbocycles. The fraction of sp³-hybridized carbons (Fsp3) is 0.500. The molecule has 0 aromatic rings. The monoisotopic (exact) mass is 280 g/mol. The SMILES string of the molecule is O=C([O-])CCC(=O)[O-].O=C([O-])CCC(=O)[O-].[Ti+4]. The molecule has 8 nitrogen and oxygen atoms in total. The Bertz CT molecular complexity index is 219. The van der Waals surface area contributed by atoms with Gasteiger partial charge in [0.15, 0.2) is 0 Å². The first kappa shape index (κ1) is 20.9. The van der Waals surface area contributed by atoms with Crippen molar-refractivity contribution in [3.8, 4) is 0 Å². The van der Waals surface area contributed by atoms with Gasteiger partial charge in [-0.2, -0.15) is 0 Å². The number of rotatable bonds is 6. The molecule has 0 fully saturated rings. The van der Waals surface area contributed by atoms with Crippen LogP contribution in [0.25, 0.3) is 0 Å². The van der Waals surface area contributed by atoms with E-state index in [1.54, 1.807) is 0 Å². The molecule has 17 heavy (non-hydrogen) atoms. The second-order valence-electron chi connectivity index (χ2n) is 2.49. The summed E-state index contributed by atoms with van der Waals surface area (Å²) in [5.74, 6) is -5.47. The van der Waals surface area contributed by atoms with E-state index in [1.807, 2.05) is 0 Å². The van der Waals surface area contributed by atoms with Gasteiger partial charge in [-0.05, 0) is 25.7 Å². The Morgan fingerprint density at radius 1 is 0.529 bits per heavy atom.